The van der Waals surface area contributed by atoms with Crippen molar-refractivity contribution in [2.45, 2.75) is 57.7 Å². The number of likely N-dealkylation sites (tertiary alicyclic amines) is 1. The van der Waals surface area contributed by atoms with Gasteiger partial charge in [-0.05, 0) is 39.5 Å². The Morgan fingerprint density at radius 3 is 2.56 bits per heavy atom. The highest BCUT2D eigenvalue weighted by Crippen LogP contribution is 2.48. The average molecular weight is 233 g/mol. The van der Waals surface area contributed by atoms with Gasteiger partial charge < -0.3 is 4.74 Å². The van der Waals surface area contributed by atoms with Gasteiger partial charge in [-0.1, -0.05) is 0 Å². The van der Waals surface area contributed by atoms with E-state index >= 15 is 0 Å². The fraction of sp³-hybridized carbons (Fsp3) is 1.00. The molecule has 1 aliphatic carbocycles. The van der Waals surface area contributed by atoms with Crippen molar-refractivity contribution in [3.8, 4) is 0 Å². The average Bonchev–Trinajstić information content (AvgIpc) is 2.80. The van der Waals surface area contributed by atoms with Gasteiger partial charge in [-0.3, -0.25) is 4.90 Å². The second-order valence-corrected chi connectivity index (χ2v) is 5.96. The molecule has 2 fully saturated rings. The number of piperidine rings is 1. The summed E-state index contributed by atoms with van der Waals surface area (Å²) in [5, 5.41) is 0. The van der Waals surface area contributed by atoms with Gasteiger partial charge in [0, 0.05) is 12.1 Å². The zero-order valence-electron chi connectivity index (χ0n) is 10.2. The zero-order chi connectivity index (χ0) is 11.9. The lowest BCUT2D eigenvalue weighted by molar-refractivity contribution is -0.0396. The molecular weight excluding hydrogens is 212 g/mol. The molecule has 1 saturated carbocycles. The fourth-order valence-electron chi connectivity index (χ4n) is 2.60. The van der Waals surface area contributed by atoms with E-state index in [2.05, 4.69) is 0 Å². The largest absolute Gasteiger partial charge is 0.374 e. The van der Waals surface area contributed by atoms with Crippen LogP contribution in [0.3, 0.4) is 0 Å². The van der Waals surface area contributed by atoms with E-state index in [0.717, 1.165) is 12.8 Å². The van der Waals surface area contributed by atoms with E-state index in [4.69, 9.17) is 4.74 Å². The summed E-state index contributed by atoms with van der Waals surface area (Å²) in [7, 11) is 0. The molecule has 2 rings (SSSR count). The molecule has 0 aromatic rings. The third-order valence-electron chi connectivity index (χ3n) is 3.41. The summed E-state index contributed by atoms with van der Waals surface area (Å²) in [6.07, 6.45) is -0.0804. The Bertz CT molecular complexity index is 252. The van der Waals surface area contributed by atoms with Crippen molar-refractivity contribution in [2.24, 2.45) is 5.92 Å². The molecule has 1 heterocycles. The molecule has 16 heavy (non-hydrogen) atoms. The van der Waals surface area contributed by atoms with Crippen LogP contribution in [0.25, 0.3) is 0 Å². The molecule has 0 spiro atoms. The molecule has 0 bridgehead atoms. The van der Waals surface area contributed by atoms with Gasteiger partial charge in [0.2, 0.25) is 0 Å². The summed E-state index contributed by atoms with van der Waals surface area (Å²) >= 11 is 0. The van der Waals surface area contributed by atoms with Crippen molar-refractivity contribution in [2.75, 3.05) is 13.2 Å². The number of hydrogen-bond donors (Lipinski definition) is 0. The molecule has 3 atom stereocenters. The maximum Gasteiger partial charge on any atom is 0.251 e. The van der Waals surface area contributed by atoms with E-state index in [1.807, 2.05) is 25.7 Å². The van der Waals surface area contributed by atoms with E-state index in [1.165, 1.54) is 0 Å². The Kier molecular flexibility index (Phi) is 3.23. The molecule has 0 amide bonds. The van der Waals surface area contributed by atoms with Crippen molar-refractivity contribution in [3.63, 3.8) is 0 Å². The number of halogens is 2. The molecule has 0 aromatic carbocycles. The van der Waals surface area contributed by atoms with Crippen LogP contribution in [0.4, 0.5) is 8.78 Å². The second kappa shape index (κ2) is 4.22. The Morgan fingerprint density at radius 2 is 2.00 bits per heavy atom. The molecule has 94 valence electrons. The molecule has 0 unspecified atom stereocenters. The van der Waals surface area contributed by atoms with Gasteiger partial charge in [0.15, 0.2) is 0 Å². The van der Waals surface area contributed by atoms with Crippen molar-refractivity contribution in [1.29, 1.82) is 0 Å². The lowest BCUT2D eigenvalue weighted by Gasteiger charge is -2.30. The minimum absolute atomic E-state index is 0.0840. The molecule has 0 N–H and O–H groups in total. The van der Waals surface area contributed by atoms with Crippen molar-refractivity contribution < 1.29 is 13.5 Å². The van der Waals surface area contributed by atoms with Crippen LogP contribution in [0.15, 0.2) is 0 Å². The van der Waals surface area contributed by atoms with E-state index in [1.54, 1.807) is 0 Å². The summed E-state index contributed by atoms with van der Waals surface area (Å²) < 4.78 is 30.6. The molecule has 2 nitrogen and oxygen atoms in total. The predicted molar refractivity (Wildman–Crippen MR) is 58.7 cm³/mol. The monoisotopic (exact) mass is 233 g/mol. The third-order valence-corrected chi connectivity index (χ3v) is 3.41. The molecule has 4 heteroatoms. The van der Waals surface area contributed by atoms with E-state index in [9.17, 15) is 8.78 Å². The maximum absolute atomic E-state index is 12.4. The topological polar surface area (TPSA) is 12.5 Å². The van der Waals surface area contributed by atoms with Gasteiger partial charge in [-0.15, -0.1) is 0 Å². The first-order valence-electron chi connectivity index (χ1n) is 6.04. The van der Waals surface area contributed by atoms with Gasteiger partial charge >= 0.3 is 0 Å². The van der Waals surface area contributed by atoms with E-state index in [0.29, 0.717) is 18.6 Å². The van der Waals surface area contributed by atoms with Crippen LogP contribution in [0.5, 0.6) is 0 Å². The van der Waals surface area contributed by atoms with Gasteiger partial charge in [-0.25, -0.2) is 8.78 Å². The van der Waals surface area contributed by atoms with Crippen LogP contribution >= 0.6 is 0 Å². The fourth-order valence-corrected chi connectivity index (χ4v) is 2.60. The smallest absolute Gasteiger partial charge is 0.251 e. The van der Waals surface area contributed by atoms with Crippen LogP contribution in [-0.4, -0.2) is 42.2 Å². The lowest BCUT2D eigenvalue weighted by atomic mass is 10.1. The first kappa shape index (κ1) is 12.2. The zero-order valence-corrected chi connectivity index (χ0v) is 10.2. The standard InChI is InChI=1S/C12H21F2NO/c1-12(2,3)16-7-9-4-8-5-10(8)15(9)6-11(13)14/h8-11H,4-7H2,1-3H3/t8-,9-,10+/m1/s1. The first-order chi connectivity index (χ1) is 7.37. The Labute approximate surface area is 95.9 Å². The van der Waals surface area contributed by atoms with Gasteiger partial charge in [0.05, 0.1) is 18.8 Å². The highest BCUT2D eigenvalue weighted by Gasteiger charge is 2.52. The number of rotatable bonds is 4. The van der Waals surface area contributed by atoms with Gasteiger partial charge in [-0.2, -0.15) is 0 Å². The maximum atomic E-state index is 12.4. The second-order valence-electron chi connectivity index (χ2n) is 5.96. The third kappa shape index (κ3) is 2.92. The van der Waals surface area contributed by atoms with Crippen LogP contribution in [0.2, 0.25) is 0 Å². The summed E-state index contributed by atoms with van der Waals surface area (Å²) in [4.78, 5) is 1.96. The van der Waals surface area contributed by atoms with Crippen LogP contribution in [0.1, 0.15) is 33.6 Å². The number of alkyl halides is 2. The highest BCUT2D eigenvalue weighted by atomic mass is 19.3. The normalized spacial score (nSPS) is 34.5. The lowest BCUT2D eigenvalue weighted by Crippen LogP contribution is -2.41. The Hall–Kier alpha value is -0.220. The summed E-state index contributed by atoms with van der Waals surface area (Å²) in [5.74, 6) is 0.660. The number of fused-ring (bicyclic) bond motifs is 1. The molecule has 1 aliphatic heterocycles. The number of nitrogens with zero attached hydrogens (tertiary/aromatic N) is 1. The number of ether oxygens (including phenoxy) is 1. The minimum atomic E-state index is -2.23. The van der Waals surface area contributed by atoms with Crippen molar-refractivity contribution >= 4 is 0 Å². The molecular formula is C12H21F2NO. The van der Waals surface area contributed by atoms with E-state index < -0.39 is 6.43 Å². The van der Waals surface area contributed by atoms with Gasteiger partial charge in [0.25, 0.3) is 6.43 Å². The highest BCUT2D eigenvalue weighted by molar-refractivity contribution is 5.05. The SMILES string of the molecule is CC(C)(C)OC[C@H]1C[C@@H]2C[C@@H]2N1CC(F)F. The molecule has 0 aromatic heterocycles. The Balaban J connectivity index is 1.84. The van der Waals surface area contributed by atoms with Crippen LogP contribution in [0, 0.1) is 5.92 Å². The predicted octanol–water partition coefficient (Wildman–Crippen LogP) is 2.53. The molecule has 1 saturated heterocycles. The summed E-state index contributed by atoms with van der Waals surface area (Å²) in [6.45, 7) is 6.50. The van der Waals surface area contributed by atoms with E-state index in [-0.39, 0.29) is 18.2 Å². The molecule has 2 aliphatic rings. The van der Waals surface area contributed by atoms with Crippen molar-refractivity contribution in [3.05, 3.63) is 0 Å². The first-order valence-corrected chi connectivity index (χ1v) is 6.04. The Morgan fingerprint density at radius 1 is 1.31 bits per heavy atom. The van der Waals surface area contributed by atoms with Crippen LogP contribution in [-0.2, 0) is 4.74 Å². The molecule has 0 radical (unpaired) electrons. The quantitative estimate of drug-likeness (QED) is 0.740. The minimum Gasteiger partial charge on any atom is -0.374 e. The van der Waals surface area contributed by atoms with Crippen molar-refractivity contribution in [1.82, 2.24) is 4.90 Å². The summed E-state index contributed by atoms with van der Waals surface area (Å²) in [5.41, 5.74) is -0.177. The van der Waals surface area contributed by atoms with Gasteiger partial charge in [0.1, 0.15) is 0 Å². The van der Waals surface area contributed by atoms with Crippen LogP contribution < -0.4 is 0 Å². The summed E-state index contributed by atoms with van der Waals surface area (Å²) in [6, 6.07) is 0.625. The number of hydrogen-bond acceptors (Lipinski definition) is 2.